The molecule has 2 rings (SSSR count). The van der Waals surface area contributed by atoms with Crippen LogP contribution < -0.4 is 0 Å². The SMILES string of the molecule is Clc1ccc(C=Cc2ccccc2)cc1. The minimum absolute atomic E-state index is 0.770. The van der Waals surface area contributed by atoms with Crippen LogP contribution in [0.5, 0.6) is 0 Å². The fraction of sp³-hybridized carbons (Fsp3) is 0. The Bertz CT molecular complexity index is 441. The zero-order chi connectivity index (χ0) is 10.5. The summed E-state index contributed by atoms with van der Waals surface area (Å²) in [6.45, 7) is 0. The lowest BCUT2D eigenvalue weighted by atomic mass is 10.1. The van der Waals surface area contributed by atoms with E-state index in [0.717, 1.165) is 10.6 Å². The van der Waals surface area contributed by atoms with Crippen LogP contribution in [0.15, 0.2) is 54.6 Å². The van der Waals surface area contributed by atoms with Gasteiger partial charge in [0, 0.05) is 5.02 Å². The van der Waals surface area contributed by atoms with E-state index in [1.165, 1.54) is 5.56 Å². The first-order valence-electron chi connectivity index (χ1n) is 4.83. The monoisotopic (exact) mass is 214 g/mol. The largest absolute Gasteiger partial charge is 0.0843 e. The zero-order valence-electron chi connectivity index (χ0n) is 8.23. The molecular weight excluding hydrogens is 204 g/mol. The molecule has 0 fully saturated rings. The number of hydrogen-bond donors (Lipinski definition) is 0. The lowest BCUT2D eigenvalue weighted by Crippen LogP contribution is -1.71. The molecule has 0 unspecified atom stereocenters. The second-order valence-corrected chi connectivity index (χ2v) is 3.73. The Balaban J connectivity index is 2.15. The van der Waals surface area contributed by atoms with E-state index >= 15 is 0 Å². The quantitative estimate of drug-likeness (QED) is 0.646. The average molecular weight is 215 g/mol. The molecule has 15 heavy (non-hydrogen) atoms. The van der Waals surface area contributed by atoms with Crippen LogP contribution in [0.2, 0.25) is 5.02 Å². The first-order valence-corrected chi connectivity index (χ1v) is 5.21. The van der Waals surface area contributed by atoms with E-state index in [9.17, 15) is 0 Å². The third kappa shape index (κ3) is 2.97. The highest BCUT2D eigenvalue weighted by Crippen LogP contribution is 2.12. The lowest BCUT2D eigenvalue weighted by molar-refractivity contribution is 1.64. The molecule has 0 radical (unpaired) electrons. The maximum Gasteiger partial charge on any atom is 0.0406 e. The lowest BCUT2D eigenvalue weighted by Gasteiger charge is -1.94. The van der Waals surface area contributed by atoms with Crippen molar-refractivity contribution >= 4 is 23.8 Å². The predicted octanol–water partition coefficient (Wildman–Crippen LogP) is 4.51. The molecular formula is C14H11Cl. The van der Waals surface area contributed by atoms with Gasteiger partial charge in [0.05, 0.1) is 0 Å². The summed E-state index contributed by atoms with van der Waals surface area (Å²) in [6, 6.07) is 18.0. The van der Waals surface area contributed by atoms with Gasteiger partial charge in [-0.15, -0.1) is 0 Å². The highest BCUT2D eigenvalue weighted by Gasteiger charge is 1.88. The highest BCUT2D eigenvalue weighted by molar-refractivity contribution is 6.30. The van der Waals surface area contributed by atoms with E-state index in [-0.39, 0.29) is 0 Å². The molecule has 0 aliphatic carbocycles. The van der Waals surface area contributed by atoms with Gasteiger partial charge in [0.2, 0.25) is 0 Å². The van der Waals surface area contributed by atoms with Crippen LogP contribution >= 0.6 is 11.6 Å². The van der Waals surface area contributed by atoms with E-state index in [1.807, 2.05) is 42.5 Å². The molecule has 0 spiro atoms. The standard InChI is InChI=1S/C14H11Cl/c15-14-10-8-13(9-11-14)7-6-12-4-2-1-3-5-12/h1-11H. The van der Waals surface area contributed by atoms with Crippen molar-refractivity contribution in [3.63, 3.8) is 0 Å². The summed E-state index contributed by atoms with van der Waals surface area (Å²) in [5.74, 6) is 0. The van der Waals surface area contributed by atoms with E-state index in [2.05, 4.69) is 24.3 Å². The van der Waals surface area contributed by atoms with Gasteiger partial charge in [0.25, 0.3) is 0 Å². The van der Waals surface area contributed by atoms with Crippen LogP contribution in [0.1, 0.15) is 11.1 Å². The van der Waals surface area contributed by atoms with Gasteiger partial charge in [-0.1, -0.05) is 66.2 Å². The van der Waals surface area contributed by atoms with Crippen LogP contribution in [-0.2, 0) is 0 Å². The molecule has 0 amide bonds. The molecule has 2 aromatic rings. The van der Waals surface area contributed by atoms with Gasteiger partial charge in [-0.25, -0.2) is 0 Å². The van der Waals surface area contributed by atoms with Crippen LogP contribution in [0.4, 0.5) is 0 Å². The summed E-state index contributed by atoms with van der Waals surface area (Å²) in [6.07, 6.45) is 4.16. The van der Waals surface area contributed by atoms with Gasteiger partial charge in [0.15, 0.2) is 0 Å². The molecule has 0 aliphatic heterocycles. The molecule has 0 aliphatic rings. The van der Waals surface area contributed by atoms with E-state index in [0.29, 0.717) is 0 Å². The molecule has 0 bridgehead atoms. The third-order valence-corrected chi connectivity index (χ3v) is 2.39. The molecule has 1 heteroatoms. The zero-order valence-corrected chi connectivity index (χ0v) is 8.98. The molecule has 74 valence electrons. The molecule has 0 nitrogen and oxygen atoms in total. The van der Waals surface area contributed by atoms with Crippen molar-refractivity contribution in [2.45, 2.75) is 0 Å². The molecule has 0 N–H and O–H groups in total. The average Bonchev–Trinajstić information content (AvgIpc) is 2.30. The van der Waals surface area contributed by atoms with E-state index in [1.54, 1.807) is 0 Å². The Kier molecular flexibility index (Phi) is 3.21. The summed E-state index contributed by atoms with van der Waals surface area (Å²) in [5.41, 5.74) is 2.36. The van der Waals surface area contributed by atoms with Crippen molar-refractivity contribution in [3.05, 3.63) is 70.7 Å². The fourth-order valence-corrected chi connectivity index (χ4v) is 1.46. The molecule has 0 saturated heterocycles. The van der Waals surface area contributed by atoms with Gasteiger partial charge in [0.1, 0.15) is 0 Å². The van der Waals surface area contributed by atoms with Gasteiger partial charge >= 0.3 is 0 Å². The van der Waals surface area contributed by atoms with Crippen molar-refractivity contribution in [3.8, 4) is 0 Å². The third-order valence-electron chi connectivity index (χ3n) is 2.14. The Hall–Kier alpha value is -1.53. The number of rotatable bonds is 2. The molecule has 2 aromatic carbocycles. The minimum atomic E-state index is 0.770. The second kappa shape index (κ2) is 4.81. The Morgan fingerprint density at radius 3 is 1.80 bits per heavy atom. The van der Waals surface area contributed by atoms with Gasteiger partial charge < -0.3 is 0 Å². The summed E-state index contributed by atoms with van der Waals surface area (Å²) >= 11 is 5.80. The highest BCUT2D eigenvalue weighted by atomic mass is 35.5. The van der Waals surface area contributed by atoms with Gasteiger partial charge in [-0.3, -0.25) is 0 Å². The number of halogens is 1. The fourth-order valence-electron chi connectivity index (χ4n) is 1.33. The Labute approximate surface area is 94.8 Å². The maximum absolute atomic E-state index is 5.80. The predicted molar refractivity (Wildman–Crippen MR) is 66.8 cm³/mol. The van der Waals surface area contributed by atoms with Crippen LogP contribution in [0, 0.1) is 0 Å². The summed E-state index contributed by atoms with van der Waals surface area (Å²) in [5, 5.41) is 0.770. The first-order chi connectivity index (χ1) is 7.34. The topological polar surface area (TPSA) is 0 Å². The van der Waals surface area contributed by atoms with Crippen LogP contribution in [0.3, 0.4) is 0 Å². The number of benzene rings is 2. The first kappa shape index (κ1) is 10.0. The Morgan fingerprint density at radius 2 is 1.20 bits per heavy atom. The van der Waals surface area contributed by atoms with Crippen molar-refractivity contribution in [1.82, 2.24) is 0 Å². The van der Waals surface area contributed by atoms with Crippen molar-refractivity contribution in [2.24, 2.45) is 0 Å². The smallest absolute Gasteiger partial charge is 0.0406 e. The van der Waals surface area contributed by atoms with Crippen molar-refractivity contribution in [1.29, 1.82) is 0 Å². The summed E-state index contributed by atoms with van der Waals surface area (Å²) in [4.78, 5) is 0. The van der Waals surface area contributed by atoms with Gasteiger partial charge in [-0.05, 0) is 23.3 Å². The van der Waals surface area contributed by atoms with Gasteiger partial charge in [-0.2, -0.15) is 0 Å². The van der Waals surface area contributed by atoms with Crippen molar-refractivity contribution < 1.29 is 0 Å². The van der Waals surface area contributed by atoms with E-state index in [4.69, 9.17) is 11.6 Å². The van der Waals surface area contributed by atoms with Crippen LogP contribution in [-0.4, -0.2) is 0 Å². The van der Waals surface area contributed by atoms with E-state index < -0.39 is 0 Å². The normalized spacial score (nSPS) is 10.7. The molecule has 0 aromatic heterocycles. The molecule has 0 saturated carbocycles. The Morgan fingerprint density at radius 1 is 0.667 bits per heavy atom. The van der Waals surface area contributed by atoms with Crippen LogP contribution in [0.25, 0.3) is 12.2 Å². The molecule has 0 heterocycles. The summed E-state index contributed by atoms with van der Waals surface area (Å²) in [7, 11) is 0. The van der Waals surface area contributed by atoms with Crippen molar-refractivity contribution in [2.75, 3.05) is 0 Å². The minimum Gasteiger partial charge on any atom is -0.0843 e. The molecule has 0 atom stereocenters. The number of hydrogen-bond acceptors (Lipinski definition) is 0. The summed E-state index contributed by atoms with van der Waals surface area (Å²) < 4.78 is 0. The maximum atomic E-state index is 5.80. The second-order valence-electron chi connectivity index (χ2n) is 3.30.